The lowest BCUT2D eigenvalue weighted by atomic mass is 10.2. The summed E-state index contributed by atoms with van der Waals surface area (Å²) >= 11 is 0. The van der Waals surface area contributed by atoms with Gasteiger partial charge in [-0.15, -0.1) is 0 Å². The smallest absolute Gasteiger partial charge is 0.241 e. The molecule has 0 atom stereocenters. The molecule has 0 radical (unpaired) electrons. The molecule has 0 aromatic heterocycles. The molecule has 1 saturated heterocycles. The number of halogens is 1. The number of carbonyl (C=O) groups is 1. The molecular formula is C12H15FN2O. The molecule has 0 unspecified atom stereocenters. The molecule has 0 aliphatic carbocycles. The quantitative estimate of drug-likeness (QED) is 0.717. The second-order valence-electron chi connectivity index (χ2n) is 4.22. The minimum absolute atomic E-state index is 0.0250. The van der Waals surface area contributed by atoms with E-state index in [4.69, 9.17) is 0 Å². The molecule has 4 heteroatoms. The minimum Gasteiger partial charge on any atom is -0.310 e. The standard InChI is InChI=1S/C12H15FN2O/c1-9-3-4-10(7-11(9)13)15-6-5-14(2)8-12(15)16/h3-4,7H,5-6,8H2,1-2H3. The Hall–Kier alpha value is -1.42. The molecule has 2 rings (SSSR count). The first-order chi connectivity index (χ1) is 7.58. The van der Waals surface area contributed by atoms with E-state index in [2.05, 4.69) is 0 Å². The molecule has 0 bridgehead atoms. The summed E-state index contributed by atoms with van der Waals surface area (Å²) in [5.74, 6) is -0.235. The molecule has 1 aliphatic heterocycles. The molecule has 1 heterocycles. The average molecular weight is 222 g/mol. The Morgan fingerprint density at radius 3 is 2.69 bits per heavy atom. The van der Waals surface area contributed by atoms with Gasteiger partial charge in [0.25, 0.3) is 0 Å². The Labute approximate surface area is 94.5 Å². The molecule has 0 spiro atoms. The van der Waals surface area contributed by atoms with Crippen molar-refractivity contribution >= 4 is 11.6 Å². The van der Waals surface area contributed by atoms with Crippen LogP contribution in [0.2, 0.25) is 0 Å². The zero-order chi connectivity index (χ0) is 11.7. The number of benzene rings is 1. The maximum absolute atomic E-state index is 13.4. The van der Waals surface area contributed by atoms with Crippen molar-refractivity contribution in [3.8, 4) is 0 Å². The number of nitrogens with zero attached hydrogens (tertiary/aromatic N) is 2. The van der Waals surface area contributed by atoms with Gasteiger partial charge in [0, 0.05) is 18.8 Å². The van der Waals surface area contributed by atoms with Gasteiger partial charge in [-0.05, 0) is 31.7 Å². The predicted octanol–water partition coefficient (Wildman–Crippen LogP) is 1.41. The fraction of sp³-hybridized carbons (Fsp3) is 0.417. The maximum Gasteiger partial charge on any atom is 0.241 e. The van der Waals surface area contributed by atoms with E-state index in [0.29, 0.717) is 24.3 Å². The molecule has 1 aliphatic rings. The van der Waals surface area contributed by atoms with Gasteiger partial charge in [-0.25, -0.2) is 4.39 Å². The normalized spacial score (nSPS) is 17.9. The van der Waals surface area contributed by atoms with Crippen LogP contribution in [0.3, 0.4) is 0 Å². The predicted molar refractivity (Wildman–Crippen MR) is 61.0 cm³/mol. The average Bonchev–Trinajstić information content (AvgIpc) is 2.22. The highest BCUT2D eigenvalue weighted by Gasteiger charge is 2.23. The van der Waals surface area contributed by atoms with E-state index < -0.39 is 0 Å². The fourth-order valence-electron chi connectivity index (χ4n) is 1.81. The monoisotopic (exact) mass is 222 g/mol. The largest absolute Gasteiger partial charge is 0.310 e. The minimum atomic E-state index is -0.260. The van der Waals surface area contributed by atoms with Gasteiger partial charge >= 0.3 is 0 Å². The highest BCUT2D eigenvalue weighted by Crippen LogP contribution is 2.20. The number of amides is 1. The van der Waals surface area contributed by atoms with Crippen LogP contribution in [-0.2, 0) is 4.79 Å². The molecule has 1 aromatic rings. The Morgan fingerprint density at radius 1 is 1.31 bits per heavy atom. The van der Waals surface area contributed by atoms with Crippen molar-refractivity contribution in [1.29, 1.82) is 0 Å². The molecule has 16 heavy (non-hydrogen) atoms. The Morgan fingerprint density at radius 2 is 2.06 bits per heavy atom. The van der Waals surface area contributed by atoms with E-state index in [9.17, 15) is 9.18 Å². The van der Waals surface area contributed by atoms with Gasteiger partial charge in [-0.3, -0.25) is 9.69 Å². The molecular weight excluding hydrogens is 207 g/mol. The number of piperazine rings is 1. The number of likely N-dealkylation sites (N-methyl/N-ethyl adjacent to an activating group) is 1. The summed E-state index contributed by atoms with van der Waals surface area (Å²) in [7, 11) is 1.91. The van der Waals surface area contributed by atoms with Crippen LogP contribution in [0.15, 0.2) is 18.2 Å². The Kier molecular flexibility index (Phi) is 2.92. The summed E-state index contributed by atoms with van der Waals surface area (Å²) in [5.41, 5.74) is 1.26. The van der Waals surface area contributed by atoms with Crippen LogP contribution in [0, 0.1) is 12.7 Å². The molecule has 3 nitrogen and oxygen atoms in total. The van der Waals surface area contributed by atoms with Crippen LogP contribution in [0.1, 0.15) is 5.56 Å². The summed E-state index contributed by atoms with van der Waals surface area (Å²) < 4.78 is 13.4. The lowest BCUT2D eigenvalue weighted by Gasteiger charge is -2.32. The first-order valence-electron chi connectivity index (χ1n) is 5.33. The van der Waals surface area contributed by atoms with E-state index in [0.717, 1.165) is 6.54 Å². The van der Waals surface area contributed by atoms with Crippen LogP contribution in [0.25, 0.3) is 0 Å². The number of hydrogen-bond acceptors (Lipinski definition) is 2. The van der Waals surface area contributed by atoms with Gasteiger partial charge in [0.15, 0.2) is 0 Å². The first kappa shape index (κ1) is 11.1. The van der Waals surface area contributed by atoms with Crippen molar-refractivity contribution < 1.29 is 9.18 Å². The highest BCUT2D eigenvalue weighted by atomic mass is 19.1. The number of anilines is 1. The first-order valence-corrected chi connectivity index (χ1v) is 5.33. The number of carbonyl (C=O) groups excluding carboxylic acids is 1. The topological polar surface area (TPSA) is 23.6 Å². The fourth-order valence-corrected chi connectivity index (χ4v) is 1.81. The second-order valence-corrected chi connectivity index (χ2v) is 4.22. The molecule has 1 fully saturated rings. The summed E-state index contributed by atoms with van der Waals surface area (Å²) in [6, 6.07) is 4.93. The van der Waals surface area contributed by atoms with Gasteiger partial charge in [0.2, 0.25) is 5.91 Å². The summed E-state index contributed by atoms with van der Waals surface area (Å²) in [6.45, 7) is 3.56. The summed E-state index contributed by atoms with van der Waals surface area (Å²) in [6.07, 6.45) is 0. The van der Waals surface area contributed by atoms with E-state index in [-0.39, 0.29) is 11.7 Å². The molecule has 86 valence electrons. The number of hydrogen-bond donors (Lipinski definition) is 0. The van der Waals surface area contributed by atoms with Crippen LogP contribution < -0.4 is 4.90 Å². The van der Waals surface area contributed by atoms with Crippen molar-refractivity contribution in [2.75, 3.05) is 31.6 Å². The van der Waals surface area contributed by atoms with Crippen LogP contribution in [-0.4, -0.2) is 37.5 Å². The van der Waals surface area contributed by atoms with Crippen LogP contribution in [0.5, 0.6) is 0 Å². The lowest BCUT2D eigenvalue weighted by molar-refractivity contribution is -0.120. The van der Waals surface area contributed by atoms with E-state index in [1.54, 1.807) is 24.0 Å². The molecule has 0 N–H and O–H groups in total. The molecule has 0 saturated carbocycles. The number of aryl methyl sites for hydroxylation is 1. The summed E-state index contributed by atoms with van der Waals surface area (Å²) in [4.78, 5) is 15.4. The molecule has 1 amide bonds. The van der Waals surface area contributed by atoms with Crippen molar-refractivity contribution in [1.82, 2.24) is 4.90 Å². The SMILES string of the molecule is Cc1ccc(N2CCN(C)CC2=O)cc1F. The van der Waals surface area contributed by atoms with Gasteiger partial charge in [-0.2, -0.15) is 0 Å². The maximum atomic E-state index is 13.4. The molecule has 1 aromatic carbocycles. The second kappa shape index (κ2) is 4.22. The number of rotatable bonds is 1. The van der Waals surface area contributed by atoms with Crippen molar-refractivity contribution in [3.05, 3.63) is 29.6 Å². The van der Waals surface area contributed by atoms with Crippen LogP contribution >= 0.6 is 0 Å². The van der Waals surface area contributed by atoms with Crippen LogP contribution in [0.4, 0.5) is 10.1 Å². The third kappa shape index (κ3) is 2.07. The Balaban J connectivity index is 2.24. The lowest BCUT2D eigenvalue weighted by Crippen LogP contribution is -2.48. The van der Waals surface area contributed by atoms with Crippen molar-refractivity contribution in [2.24, 2.45) is 0 Å². The third-order valence-corrected chi connectivity index (χ3v) is 2.88. The van der Waals surface area contributed by atoms with Gasteiger partial charge in [0.05, 0.1) is 6.54 Å². The van der Waals surface area contributed by atoms with Gasteiger partial charge in [0.1, 0.15) is 5.82 Å². The highest BCUT2D eigenvalue weighted by molar-refractivity contribution is 5.95. The zero-order valence-electron chi connectivity index (χ0n) is 9.53. The Bertz CT molecular complexity index is 419. The van der Waals surface area contributed by atoms with Crippen molar-refractivity contribution in [2.45, 2.75) is 6.92 Å². The third-order valence-electron chi connectivity index (χ3n) is 2.88. The van der Waals surface area contributed by atoms with Gasteiger partial charge < -0.3 is 4.90 Å². The van der Waals surface area contributed by atoms with Gasteiger partial charge in [-0.1, -0.05) is 6.07 Å². The summed E-state index contributed by atoms with van der Waals surface area (Å²) in [5, 5.41) is 0. The van der Waals surface area contributed by atoms with E-state index in [1.165, 1.54) is 6.07 Å². The van der Waals surface area contributed by atoms with E-state index in [1.807, 2.05) is 11.9 Å². The zero-order valence-corrected chi connectivity index (χ0v) is 9.53. The van der Waals surface area contributed by atoms with E-state index >= 15 is 0 Å². The van der Waals surface area contributed by atoms with Crippen molar-refractivity contribution in [3.63, 3.8) is 0 Å².